The van der Waals surface area contributed by atoms with Crippen LogP contribution in [0.5, 0.6) is 0 Å². The number of hydrogen-bond acceptors (Lipinski definition) is 2. The SMILES string of the molecule is CC(C)C1CN(C)S(=O)(=O)N1. The minimum Gasteiger partial charge on any atom is -0.197 e. The summed E-state index contributed by atoms with van der Waals surface area (Å²) in [7, 11) is -1.55. The Bertz CT molecular complexity index is 235. The highest BCUT2D eigenvalue weighted by molar-refractivity contribution is 7.87. The lowest BCUT2D eigenvalue weighted by Crippen LogP contribution is -2.31. The molecule has 1 heterocycles. The Morgan fingerprint density at radius 1 is 1.55 bits per heavy atom. The Kier molecular flexibility index (Phi) is 2.22. The highest BCUT2D eigenvalue weighted by Crippen LogP contribution is 2.13. The predicted molar refractivity (Wildman–Crippen MR) is 43.3 cm³/mol. The smallest absolute Gasteiger partial charge is 0.197 e. The Hall–Kier alpha value is -0.130. The molecule has 1 unspecified atom stereocenters. The van der Waals surface area contributed by atoms with Crippen molar-refractivity contribution in [3.63, 3.8) is 0 Å². The Balaban J connectivity index is 2.73. The lowest BCUT2D eigenvalue weighted by atomic mass is 10.1. The molecule has 1 aliphatic rings. The molecule has 0 spiro atoms. The molecule has 0 radical (unpaired) electrons. The molecule has 66 valence electrons. The first-order valence-corrected chi connectivity index (χ1v) is 5.11. The third-order valence-electron chi connectivity index (χ3n) is 1.97. The predicted octanol–water partition coefficient (Wildman–Crippen LogP) is -0.209. The molecule has 0 saturated carbocycles. The summed E-state index contributed by atoms with van der Waals surface area (Å²) in [4.78, 5) is 0. The first kappa shape index (κ1) is 8.96. The summed E-state index contributed by atoms with van der Waals surface area (Å²) < 4.78 is 26.1. The minimum atomic E-state index is -3.14. The van der Waals surface area contributed by atoms with Crippen molar-refractivity contribution < 1.29 is 8.42 Å². The van der Waals surface area contributed by atoms with Gasteiger partial charge < -0.3 is 0 Å². The molecule has 0 aromatic rings. The van der Waals surface area contributed by atoms with E-state index >= 15 is 0 Å². The van der Waals surface area contributed by atoms with Gasteiger partial charge in [-0.05, 0) is 5.92 Å². The van der Waals surface area contributed by atoms with E-state index in [0.29, 0.717) is 12.5 Å². The van der Waals surface area contributed by atoms with Gasteiger partial charge in [-0.25, -0.2) is 0 Å². The Morgan fingerprint density at radius 3 is 2.27 bits per heavy atom. The largest absolute Gasteiger partial charge is 0.279 e. The number of nitrogens with one attached hydrogen (secondary N) is 1. The molecule has 1 aliphatic heterocycles. The molecule has 0 aliphatic carbocycles. The lowest BCUT2D eigenvalue weighted by Gasteiger charge is -2.10. The van der Waals surface area contributed by atoms with Crippen LogP contribution >= 0.6 is 0 Å². The molecule has 1 fully saturated rings. The van der Waals surface area contributed by atoms with Crippen molar-refractivity contribution in [2.45, 2.75) is 19.9 Å². The van der Waals surface area contributed by atoms with Crippen LogP contribution in [0.4, 0.5) is 0 Å². The fraction of sp³-hybridized carbons (Fsp3) is 1.00. The maximum absolute atomic E-state index is 11.1. The van der Waals surface area contributed by atoms with Crippen LogP contribution in [-0.2, 0) is 10.2 Å². The van der Waals surface area contributed by atoms with Gasteiger partial charge in [0.2, 0.25) is 0 Å². The summed E-state index contributed by atoms with van der Waals surface area (Å²) in [6, 6.07) is 0.0741. The maximum Gasteiger partial charge on any atom is 0.279 e. The Labute approximate surface area is 67.8 Å². The standard InChI is InChI=1S/C6H14N2O2S/c1-5(2)6-4-8(3)11(9,10)7-6/h5-7H,4H2,1-3H3. The summed E-state index contributed by atoms with van der Waals surface area (Å²) >= 11 is 0. The zero-order valence-electron chi connectivity index (χ0n) is 7.03. The molecule has 5 heteroatoms. The number of nitrogens with zero attached hydrogens (tertiary/aromatic N) is 1. The highest BCUT2D eigenvalue weighted by Gasteiger charge is 2.33. The van der Waals surface area contributed by atoms with Gasteiger partial charge in [0.25, 0.3) is 10.2 Å². The molecule has 0 amide bonds. The van der Waals surface area contributed by atoms with E-state index in [1.54, 1.807) is 7.05 Å². The quantitative estimate of drug-likeness (QED) is 0.604. The van der Waals surface area contributed by atoms with Crippen LogP contribution in [0.3, 0.4) is 0 Å². The third kappa shape index (κ3) is 1.72. The van der Waals surface area contributed by atoms with E-state index in [0.717, 1.165) is 0 Å². The summed E-state index contributed by atoms with van der Waals surface area (Å²) in [6.45, 7) is 4.60. The molecule has 1 N–H and O–H groups in total. The van der Waals surface area contributed by atoms with Gasteiger partial charge in [-0.15, -0.1) is 0 Å². The summed E-state index contributed by atoms with van der Waals surface area (Å²) in [6.07, 6.45) is 0. The van der Waals surface area contributed by atoms with Crippen molar-refractivity contribution in [1.29, 1.82) is 0 Å². The molecule has 4 nitrogen and oxygen atoms in total. The topological polar surface area (TPSA) is 49.4 Å². The van der Waals surface area contributed by atoms with Crippen LogP contribution in [-0.4, -0.2) is 32.4 Å². The number of likely N-dealkylation sites (N-methyl/N-ethyl adjacent to an activating group) is 1. The minimum absolute atomic E-state index is 0.0741. The fourth-order valence-corrected chi connectivity index (χ4v) is 2.31. The molecule has 0 aromatic carbocycles. The van der Waals surface area contributed by atoms with Gasteiger partial charge in [-0.2, -0.15) is 17.4 Å². The van der Waals surface area contributed by atoms with Gasteiger partial charge in [0, 0.05) is 19.6 Å². The number of hydrogen-bond donors (Lipinski definition) is 1. The average Bonchev–Trinajstić information content (AvgIpc) is 2.08. The zero-order chi connectivity index (χ0) is 8.65. The van der Waals surface area contributed by atoms with Crippen molar-refractivity contribution in [3.05, 3.63) is 0 Å². The number of rotatable bonds is 1. The first-order valence-electron chi connectivity index (χ1n) is 3.67. The molecule has 1 rings (SSSR count). The summed E-state index contributed by atoms with van der Waals surface area (Å²) in [5, 5.41) is 0. The highest BCUT2D eigenvalue weighted by atomic mass is 32.2. The first-order chi connectivity index (χ1) is 4.93. The molecule has 1 atom stereocenters. The van der Waals surface area contributed by atoms with Crippen LogP contribution in [0.1, 0.15) is 13.8 Å². The molecular formula is C6H14N2O2S. The molecule has 1 saturated heterocycles. The van der Waals surface area contributed by atoms with Gasteiger partial charge in [-0.3, -0.25) is 0 Å². The van der Waals surface area contributed by atoms with Gasteiger partial charge in [0.05, 0.1) is 0 Å². The van der Waals surface area contributed by atoms with E-state index in [1.807, 2.05) is 13.8 Å². The second-order valence-electron chi connectivity index (χ2n) is 3.25. The van der Waals surface area contributed by atoms with E-state index in [-0.39, 0.29) is 6.04 Å². The third-order valence-corrected chi connectivity index (χ3v) is 3.54. The summed E-state index contributed by atoms with van der Waals surface area (Å²) in [5.41, 5.74) is 0. The van der Waals surface area contributed by atoms with E-state index in [9.17, 15) is 8.42 Å². The molecule has 0 aromatic heterocycles. The second-order valence-corrected chi connectivity index (χ2v) is 5.06. The maximum atomic E-state index is 11.1. The molecule has 0 bridgehead atoms. The van der Waals surface area contributed by atoms with Crippen molar-refractivity contribution >= 4 is 10.2 Å². The lowest BCUT2D eigenvalue weighted by molar-refractivity contribution is 0.424. The van der Waals surface area contributed by atoms with E-state index in [1.165, 1.54) is 4.31 Å². The van der Waals surface area contributed by atoms with Crippen LogP contribution in [0, 0.1) is 5.92 Å². The zero-order valence-corrected chi connectivity index (χ0v) is 7.85. The van der Waals surface area contributed by atoms with Crippen molar-refractivity contribution in [1.82, 2.24) is 9.03 Å². The second kappa shape index (κ2) is 2.73. The Morgan fingerprint density at radius 2 is 2.09 bits per heavy atom. The van der Waals surface area contributed by atoms with Crippen LogP contribution < -0.4 is 4.72 Å². The molecule has 11 heavy (non-hydrogen) atoms. The van der Waals surface area contributed by atoms with E-state index < -0.39 is 10.2 Å². The van der Waals surface area contributed by atoms with Crippen molar-refractivity contribution in [3.8, 4) is 0 Å². The van der Waals surface area contributed by atoms with Gasteiger partial charge in [-0.1, -0.05) is 13.8 Å². The fourth-order valence-electron chi connectivity index (χ4n) is 1.04. The van der Waals surface area contributed by atoms with Crippen LogP contribution in [0.2, 0.25) is 0 Å². The van der Waals surface area contributed by atoms with Crippen molar-refractivity contribution in [2.24, 2.45) is 5.92 Å². The van der Waals surface area contributed by atoms with Gasteiger partial charge >= 0.3 is 0 Å². The van der Waals surface area contributed by atoms with E-state index in [4.69, 9.17) is 0 Å². The monoisotopic (exact) mass is 178 g/mol. The van der Waals surface area contributed by atoms with Crippen LogP contribution in [0.25, 0.3) is 0 Å². The van der Waals surface area contributed by atoms with Gasteiger partial charge in [0.1, 0.15) is 0 Å². The molecular weight excluding hydrogens is 164 g/mol. The van der Waals surface area contributed by atoms with E-state index in [2.05, 4.69) is 4.72 Å². The van der Waals surface area contributed by atoms with Crippen molar-refractivity contribution in [2.75, 3.05) is 13.6 Å². The normalized spacial score (nSPS) is 31.5. The van der Waals surface area contributed by atoms with Crippen LogP contribution in [0.15, 0.2) is 0 Å². The van der Waals surface area contributed by atoms with Gasteiger partial charge in [0.15, 0.2) is 0 Å². The average molecular weight is 178 g/mol. The summed E-state index contributed by atoms with van der Waals surface area (Å²) in [5.74, 6) is 0.356.